The van der Waals surface area contributed by atoms with Crippen LogP contribution >= 0.6 is 0 Å². The first-order valence-electron chi connectivity index (χ1n) is 8.10. The third-order valence-electron chi connectivity index (χ3n) is 4.28. The highest BCUT2D eigenvalue weighted by Crippen LogP contribution is 2.19. The molecule has 1 unspecified atom stereocenters. The smallest absolute Gasteiger partial charge is 0.317 e. The van der Waals surface area contributed by atoms with Gasteiger partial charge in [-0.2, -0.15) is 0 Å². The van der Waals surface area contributed by atoms with Gasteiger partial charge in [0.15, 0.2) is 0 Å². The molecule has 0 aliphatic carbocycles. The number of hydrogen-bond donors (Lipinski definition) is 1. The van der Waals surface area contributed by atoms with Crippen LogP contribution in [0.1, 0.15) is 31.2 Å². The maximum Gasteiger partial charge on any atom is 0.317 e. The third kappa shape index (κ3) is 4.66. The largest absolute Gasteiger partial charge is 0.341 e. The highest BCUT2D eigenvalue weighted by Gasteiger charge is 2.21. The minimum atomic E-state index is -0.622. The van der Waals surface area contributed by atoms with Crippen molar-refractivity contribution in [2.45, 2.75) is 25.7 Å². The van der Waals surface area contributed by atoms with Crippen molar-refractivity contribution in [3.8, 4) is 0 Å². The molecule has 1 N–H and O–H groups in total. The summed E-state index contributed by atoms with van der Waals surface area (Å²) in [5.74, 6) is -1.38. The molecule has 3 amide bonds. The molecule has 1 atom stereocenters. The van der Waals surface area contributed by atoms with E-state index in [-0.39, 0.29) is 24.4 Å². The molecule has 1 aliphatic heterocycles. The normalized spacial score (nSPS) is 15.5. The van der Waals surface area contributed by atoms with Gasteiger partial charge in [0, 0.05) is 51.6 Å². The van der Waals surface area contributed by atoms with E-state index in [9.17, 15) is 18.4 Å². The van der Waals surface area contributed by atoms with E-state index in [1.165, 1.54) is 17.0 Å². The molecule has 0 aromatic heterocycles. The maximum atomic E-state index is 13.7. The minimum absolute atomic E-state index is 0.129. The van der Waals surface area contributed by atoms with Crippen LogP contribution in [-0.2, 0) is 4.79 Å². The number of hydrogen-bond acceptors (Lipinski definition) is 2. The quantitative estimate of drug-likeness (QED) is 0.865. The van der Waals surface area contributed by atoms with Gasteiger partial charge in [-0.15, -0.1) is 0 Å². The lowest BCUT2D eigenvalue weighted by molar-refractivity contribution is -0.127. The zero-order valence-electron chi connectivity index (χ0n) is 14.0. The summed E-state index contributed by atoms with van der Waals surface area (Å²) in [4.78, 5) is 26.8. The summed E-state index contributed by atoms with van der Waals surface area (Å²) in [5.41, 5.74) is 0.363. The first-order valence-corrected chi connectivity index (χ1v) is 8.10. The number of nitrogens with one attached hydrogen (secondary N) is 1. The predicted molar refractivity (Wildman–Crippen MR) is 86.6 cm³/mol. The first-order chi connectivity index (χ1) is 11.4. The maximum absolute atomic E-state index is 13.7. The first kappa shape index (κ1) is 18.2. The van der Waals surface area contributed by atoms with Gasteiger partial charge >= 0.3 is 6.03 Å². The van der Waals surface area contributed by atoms with Crippen molar-refractivity contribution in [2.75, 3.05) is 33.2 Å². The molecule has 5 nitrogen and oxygen atoms in total. The van der Waals surface area contributed by atoms with Crippen LogP contribution < -0.4 is 5.32 Å². The van der Waals surface area contributed by atoms with Crippen molar-refractivity contribution in [3.05, 3.63) is 35.4 Å². The Balaban J connectivity index is 1.77. The molecule has 0 spiro atoms. The fourth-order valence-electron chi connectivity index (χ4n) is 2.70. The van der Waals surface area contributed by atoms with Crippen molar-refractivity contribution in [1.29, 1.82) is 0 Å². The summed E-state index contributed by atoms with van der Waals surface area (Å²) < 4.78 is 26.6. The van der Waals surface area contributed by atoms with Gasteiger partial charge in [0.25, 0.3) is 0 Å². The van der Waals surface area contributed by atoms with Crippen LogP contribution in [0.25, 0.3) is 0 Å². The Bertz CT molecular complexity index is 609. The van der Waals surface area contributed by atoms with Gasteiger partial charge in [0.2, 0.25) is 5.91 Å². The molecule has 0 bridgehead atoms. The van der Waals surface area contributed by atoms with Crippen molar-refractivity contribution in [2.24, 2.45) is 0 Å². The van der Waals surface area contributed by atoms with E-state index in [1.54, 1.807) is 18.9 Å². The average Bonchev–Trinajstić information content (AvgIpc) is 2.95. The van der Waals surface area contributed by atoms with Crippen LogP contribution in [-0.4, -0.2) is 55.0 Å². The molecule has 1 fully saturated rings. The number of urea groups is 1. The van der Waals surface area contributed by atoms with Gasteiger partial charge in [-0.3, -0.25) is 4.79 Å². The Labute approximate surface area is 140 Å². The monoisotopic (exact) mass is 339 g/mol. The summed E-state index contributed by atoms with van der Waals surface area (Å²) in [7, 11) is 1.65. The van der Waals surface area contributed by atoms with E-state index in [4.69, 9.17) is 0 Å². The summed E-state index contributed by atoms with van der Waals surface area (Å²) in [6.07, 6.45) is 1.45. The van der Waals surface area contributed by atoms with Crippen LogP contribution in [0.3, 0.4) is 0 Å². The molecule has 1 aromatic carbocycles. The number of rotatable bonds is 6. The summed E-state index contributed by atoms with van der Waals surface area (Å²) in [5, 5.41) is 2.73. The highest BCUT2D eigenvalue weighted by molar-refractivity contribution is 5.78. The molecule has 132 valence electrons. The molecular formula is C17H23F2N3O2. The Morgan fingerprint density at radius 2 is 2.17 bits per heavy atom. The van der Waals surface area contributed by atoms with Crippen LogP contribution in [0.4, 0.5) is 13.6 Å². The van der Waals surface area contributed by atoms with Crippen LogP contribution in [0, 0.1) is 11.6 Å². The molecule has 2 rings (SSSR count). The van der Waals surface area contributed by atoms with E-state index < -0.39 is 11.6 Å². The van der Waals surface area contributed by atoms with E-state index in [1.807, 2.05) is 0 Å². The van der Waals surface area contributed by atoms with Gasteiger partial charge in [0.1, 0.15) is 11.6 Å². The van der Waals surface area contributed by atoms with Crippen molar-refractivity contribution < 1.29 is 18.4 Å². The Kier molecular flexibility index (Phi) is 6.11. The Hall–Kier alpha value is -2.18. The van der Waals surface area contributed by atoms with Crippen molar-refractivity contribution >= 4 is 11.9 Å². The molecule has 1 aromatic rings. The lowest BCUT2D eigenvalue weighted by atomic mass is 10.0. The number of likely N-dealkylation sites (N-methyl/N-ethyl adjacent to an activating group) is 1. The number of halogens is 2. The van der Waals surface area contributed by atoms with Gasteiger partial charge in [-0.25, -0.2) is 13.6 Å². The molecule has 1 heterocycles. The zero-order valence-corrected chi connectivity index (χ0v) is 14.0. The number of carbonyl (C=O) groups excluding carboxylic acids is 2. The van der Waals surface area contributed by atoms with Crippen LogP contribution in [0.15, 0.2) is 18.2 Å². The lowest BCUT2D eigenvalue weighted by Crippen LogP contribution is -2.43. The molecule has 0 saturated carbocycles. The topological polar surface area (TPSA) is 52.7 Å². The second-order valence-electron chi connectivity index (χ2n) is 6.16. The average molecular weight is 339 g/mol. The minimum Gasteiger partial charge on any atom is -0.341 e. The Morgan fingerprint density at radius 1 is 1.42 bits per heavy atom. The molecule has 24 heavy (non-hydrogen) atoms. The number of benzene rings is 1. The lowest BCUT2D eigenvalue weighted by Gasteiger charge is -2.23. The number of carbonyl (C=O) groups is 2. The molecule has 1 saturated heterocycles. The van der Waals surface area contributed by atoms with E-state index in [2.05, 4.69) is 5.32 Å². The van der Waals surface area contributed by atoms with Gasteiger partial charge in [0.05, 0.1) is 0 Å². The summed E-state index contributed by atoms with van der Waals surface area (Å²) in [6.45, 7) is 3.71. The third-order valence-corrected chi connectivity index (χ3v) is 4.28. The van der Waals surface area contributed by atoms with Crippen LogP contribution in [0.5, 0.6) is 0 Å². The van der Waals surface area contributed by atoms with E-state index in [0.29, 0.717) is 25.1 Å². The van der Waals surface area contributed by atoms with Crippen molar-refractivity contribution in [3.63, 3.8) is 0 Å². The number of amides is 3. The highest BCUT2D eigenvalue weighted by atomic mass is 19.1. The molecule has 0 radical (unpaired) electrons. The fraction of sp³-hybridized carbons (Fsp3) is 0.529. The van der Waals surface area contributed by atoms with Crippen molar-refractivity contribution in [1.82, 2.24) is 15.1 Å². The number of nitrogens with zero attached hydrogens (tertiary/aromatic N) is 2. The Morgan fingerprint density at radius 3 is 2.79 bits per heavy atom. The number of likely N-dealkylation sites (tertiary alicyclic amines) is 1. The SMILES string of the molecule is CC(CNC(=O)N(C)CCN1CCCC1=O)c1ccc(F)cc1F. The van der Waals surface area contributed by atoms with Crippen LogP contribution in [0.2, 0.25) is 0 Å². The molecular weight excluding hydrogens is 316 g/mol. The zero-order chi connectivity index (χ0) is 17.7. The molecule has 7 heteroatoms. The van der Waals surface area contributed by atoms with E-state index in [0.717, 1.165) is 19.0 Å². The van der Waals surface area contributed by atoms with Gasteiger partial charge in [-0.1, -0.05) is 13.0 Å². The molecule has 1 aliphatic rings. The van der Waals surface area contributed by atoms with Gasteiger partial charge < -0.3 is 15.1 Å². The standard InChI is InChI=1S/C17H23F2N3O2/c1-12(14-6-5-13(18)10-15(14)19)11-20-17(24)21(2)8-9-22-7-3-4-16(22)23/h5-6,10,12H,3-4,7-9,11H2,1-2H3,(H,20,24). The predicted octanol–water partition coefficient (Wildman–Crippen LogP) is 2.33. The van der Waals surface area contributed by atoms with Gasteiger partial charge in [-0.05, 0) is 18.1 Å². The summed E-state index contributed by atoms with van der Waals surface area (Å²) in [6, 6.07) is 3.16. The second-order valence-corrected chi connectivity index (χ2v) is 6.16. The van der Waals surface area contributed by atoms with E-state index >= 15 is 0 Å². The second kappa shape index (κ2) is 8.08. The fourth-order valence-corrected chi connectivity index (χ4v) is 2.70. The summed E-state index contributed by atoms with van der Waals surface area (Å²) >= 11 is 0.